The molecule has 6 nitrogen and oxygen atoms in total. The van der Waals surface area contributed by atoms with Crippen LogP contribution in [0.1, 0.15) is 23.2 Å². The maximum Gasteiger partial charge on any atom is 0.261 e. The zero-order chi connectivity index (χ0) is 16.2. The van der Waals surface area contributed by atoms with Gasteiger partial charge in [-0.05, 0) is 30.7 Å². The summed E-state index contributed by atoms with van der Waals surface area (Å²) in [5.74, 6) is 0.0134. The van der Waals surface area contributed by atoms with E-state index in [1.54, 1.807) is 29.3 Å². The van der Waals surface area contributed by atoms with E-state index in [-0.39, 0.29) is 17.7 Å². The minimum atomic E-state index is -0.325. The van der Waals surface area contributed by atoms with E-state index in [9.17, 15) is 9.59 Å². The number of pyridine rings is 1. The van der Waals surface area contributed by atoms with Gasteiger partial charge in [-0.3, -0.25) is 9.59 Å². The third kappa shape index (κ3) is 3.01. The third-order valence-electron chi connectivity index (χ3n) is 3.73. The van der Waals surface area contributed by atoms with Crippen molar-refractivity contribution in [3.63, 3.8) is 0 Å². The second-order valence-corrected chi connectivity index (χ2v) is 5.18. The number of rotatable bonds is 4. The maximum absolute atomic E-state index is 12.5. The number of anilines is 2. The molecule has 6 heteroatoms. The summed E-state index contributed by atoms with van der Waals surface area (Å²) in [4.78, 5) is 30.2. The molecular formula is C17H17N3O3. The number of para-hydroxylation sites is 2. The number of nitrogens with one attached hydrogen (secondary N) is 1. The SMILES string of the molecule is COc1ncccc1C(=O)Nc1ccccc1N1CCCC1=O. The number of hydrogen-bond acceptors (Lipinski definition) is 4. The Morgan fingerprint density at radius 1 is 1.26 bits per heavy atom. The second-order valence-electron chi connectivity index (χ2n) is 5.18. The highest BCUT2D eigenvalue weighted by Crippen LogP contribution is 2.30. The number of ether oxygens (including phenoxy) is 1. The molecule has 0 spiro atoms. The number of carbonyl (C=O) groups excluding carboxylic acids is 2. The zero-order valence-corrected chi connectivity index (χ0v) is 12.8. The molecule has 1 aromatic carbocycles. The highest BCUT2D eigenvalue weighted by atomic mass is 16.5. The van der Waals surface area contributed by atoms with E-state index in [2.05, 4.69) is 10.3 Å². The van der Waals surface area contributed by atoms with Gasteiger partial charge in [0.05, 0.1) is 18.5 Å². The number of hydrogen-bond donors (Lipinski definition) is 1. The van der Waals surface area contributed by atoms with Gasteiger partial charge in [0.25, 0.3) is 5.91 Å². The first-order valence-corrected chi connectivity index (χ1v) is 7.40. The van der Waals surface area contributed by atoms with Gasteiger partial charge in [0.2, 0.25) is 11.8 Å². The number of amides is 2. The summed E-state index contributed by atoms with van der Waals surface area (Å²) in [6, 6.07) is 10.6. The van der Waals surface area contributed by atoms with Crippen LogP contribution in [-0.4, -0.2) is 30.5 Å². The van der Waals surface area contributed by atoms with Gasteiger partial charge in [-0.1, -0.05) is 12.1 Å². The van der Waals surface area contributed by atoms with Crippen LogP contribution in [0.25, 0.3) is 0 Å². The molecule has 0 atom stereocenters. The molecule has 1 aliphatic heterocycles. The lowest BCUT2D eigenvalue weighted by Gasteiger charge is -2.20. The quantitative estimate of drug-likeness (QED) is 0.941. The highest BCUT2D eigenvalue weighted by Gasteiger charge is 2.24. The molecule has 1 saturated heterocycles. The Labute approximate surface area is 134 Å². The number of benzene rings is 1. The van der Waals surface area contributed by atoms with Crippen molar-refractivity contribution in [2.24, 2.45) is 0 Å². The van der Waals surface area contributed by atoms with Gasteiger partial charge in [-0.15, -0.1) is 0 Å². The maximum atomic E-state index is 12.5. The molecule has 2 aromatic rings. The number of aromatic nitrogens is 1. The molecule has 0 unspecified atom stereocenters. The lowest BCUT2D eigenvalue weighted by atomic mass is 10.2. The van der Waals surface area contributed by atoms with Crippen molar-refractivity contribution in [3.05, 3.63) is 48.2 Å². The molecule has 0 aliphatic carbocycles. The van der Waals surface area contributed by atoms with Gasteiger partial charge in [0.1, 0.15) is 5.56 Å². The average molecular weight is 311 g/mol. The van der Waals surface area contributed by atoms with Crippen LogP contribution in [0.15, 0.2) is 42.6 Å². The Balaban J connectivity index is 1.88. The molecule has 0 bridgehead atoms. The van der Waals surface area contributed by atoms with Gasteiger partial charge in [0, 0.05) is 19.2 Å². The fraction of sp³-hybridized carbons (Fsp3) is 0.235. The van der Waals surface area contributed by atoms with E-state index in [4.69, 9.17) is 4.74 Å². The fourth-order valence-corrected chi connectivity index (χ4v) is 2.63. The van der Waals surface area contributed by atoms with Crippen LogP contribution in [-0.2, 0) is 4.79 Å². The summed E-state index contributed by atoms with van der Waals surface area (Å²) in [6.07, 6.45) is 2.93. The molecule has 2 amide bonds. The molecule has 23 heavy (non-hydrogen) atoms. The number of methoxy groups -OCH3 is 1. The predicted octanol–water partition coefficient (Wildman–Crippen LogP) is 2.47. The zero-order valence-electron chi connectivity index (χ0n) is 12.8. The second kappa shape index (κ2) is 6.48. The minimum Gasteiger partial charge on any atom is -0.480 e. The fourth-order valence-electron chi connectivity index (χ4n) is 2.63. The summed E-state index contributed by atoms with van der Waals surface area (Å²) in [6.45, 7) is 0.669. The Morgan fingerprint density at radius 3 is 2.83 bits per heavy atom. The molecule has 0 saturated carbocycles. The molecule has 1 aromatic heterocycles. The highest BCUT2D eigenvalue weighted by molar-refractivity contribution is 6.09. The minimum absolute atomic E-state index is 0.0747. The van der Waals surface area contributed by atoms with Crippen LogP contribution in [0.3, 0.4) is 0 Å². The first-order chi connectivity index (χ1) is 11.2. The van der Waals surface area contributed by atoms with E-state index in [0.717, 1.165) is 6.42 Å². The van der Waals surface area contributed by atoms with Crippen LogP contribution in [0.4, 0.5) is 11.4 Å². The predicted molar refractivity (Wildman–Crippen MR) is 86.8 cm³/mol. The molecule has 1 N–H and O–H groups in total. The van der Waals surface area contributed by atoms with Crippen LogP contribution >= 0.6 is 0 Å². The smallest absolute Gasteiger partial charge is 0.261 e. The Morgan fingerprint density at radius 2 is 2.09 bits per heavy atom. The standard InChI is InChI=1S/C17H17N3O3/c1-23-17-12(6-4-10-18-17)16(22)19-13-7-2-3-8-14(13)20-11-5-9-15(20)21/h2-4,6-8,10H,5,9,11H2,1H3,(H,19,22). The van der Waals surface area contributed by atoms with Crippen molar-refractivity contribution in [3.8, 4) is 5.88 Å². The largest absolute Gasteiger partial charge is 0.480 e. The van der Waals surface area contributed by atoms with Crippen molar-refractivity contribution < 1.29 is 14.3 Å². The summed E-state index contributed by atoms with van der Waals surface area (Å²) in [5, 5.41) is 2.85. The molecule has 1 fully saturated rings. The molecule has 3 rings (SSSR count). The van der Waals surface area contributed by atoms with Crippen molar-refractivity contribution in [1.29, 1.82) is 0 Å². The molecule has 2 heterocycles. The Kier molecular flexibility index (Phi) is 4.23. The normalized spacial score (nSPS) is 14.0. The molecule has 118 valence electrons. The van der Waals surface area contributed by atoms with E-state index < -0.39 is 0 Å². The van der Waals surface area contributed by atoms with E-state index in [1.807, 2.05) is 18.2 Å². The topological polar surface area (TPSA) is 71.5 Å². The number of nitrogens with zero attached hydrogens (tertiary/aromatic N) is 2. The Hall–Kier alpha value is -2.89. The summed E-state index contributed by atoms with van der Waals surface area (Å²) in [7, 11) is 1.47. The van der Waals surface area contributed by atoms with E-state index in [1.165, 1.54) is 7.11 Å². The summed E-state index contributed by atoms with van der Waals surface area (Å²) in [5.41, 5.74) is 1.66. The van der Waals surface area contributed by atoms with E-state index in [0.29, 0.717) is 29.9 Å². The van der Waals surface area contributed by atoms with Gasteiger partial charge in [-0.25, -0.2) is 4.98 Å². The van der Waals surface area contributed by atoms with Crippen molar-refractivity contribution in [1.82, 2.24) is 4.98 Å². The van der Waals surface area contributed by atoms with Crippen LogP contribution in [0.2, 0.25) is 0 Å². The van der Waals surface area contributed by atoms with Crippen molar-refractivity contribution in [2.75, 3.05) is 23.9 Å². The van der Waals surface area contributed by atoms with Crippen LogP contribution in [0.5, 0.6) is 5.88 Å². The Bertz CT molecular complexity index is 745. The lowest BCUT2D eigenvalue weighted by molar-refractivity contribution is -0.117. The van der Waals surface area contributed by atoms with Crippen LogP contribution < -0.4 is 15.0 Å². The van der Waals surface area contributed by atoms with Crippen molar-refractivity contribution >= 4 is 23.2 Å². The van der Waals surface area contributed by atoms with E-state index >= 15 is 0 Å². The lowest BCUT2D eigenvalue weighted by Crippen LogP contribution is -2.25. The van der Waals surface area contributed by atoms with Gasteiger partial charge < -0.3 is 15.0 Å². The summed E-state index contributed by atoms with van der Waals surface area (Å²) >= 11 is 0. The number of carbonyl (C=O) groups is 2. The van der Waals surface area contributed by atoms with Gasteiger partial charge in [-0.2, -0.15) is 0 Å². The first kappa shape index (κ1) is 15.0. The molecular weight excluding hydrogens is 294 g/mol. The van der Waals surface area contributed by atoms with Crippen molar-refractivity contribution in [2.45, 2.75) is 12.8 Å². The van der Waals surface area contributed by atoms with Gasteiger partial charge >= 0.3 is 0 Å². The monoisotopic (exact) mass is 311 g/mol. The van der Waals surface area contributed by atoms with Gasteiger partial charge in [0.15, 0.2) is 0 Å². The third-order valence-corrected chi connectivity index (χ3v) is 3.73. The average Bonchev–Trinajstić information content (AvgIpc) is 3.01. The molecule has 0 radical (unpaired) electrons. The first-order valence-electron chi connectivity index (χ1n) is 7.40. The summed E-state index contributed by atoms with van der Waals surface area (Å²) < 4.78 is 5.11. The molecule has 1 aliphatic rings. The van der Waals surface area contributed by atoms with Crippen LogP contribution in [0, 0.1) is 0 Å².